The number of aromatic nitrogens is 4. The Bertz CT molecular complexity index is 771. The zero-order valence-electron chi connectivity index (χ0n) is 10.5. The quantitative estimate of drug-likeness (QED) is 0.726. The largest absolute Gasteiger partial charge is 0.398 e. The molecule has 0 spiro atoms. The molecule has 100 valence electrons. The zero-order valence-corrected chi connectivity index (χ0v) is 12.1. The molecule has 0 fully saturated rings. The van der Waals surface area contributed by atoms with Crippen molar-refractivity contribution >= 4 is 21.6 Å². The molecule has 3 rings (SSSR count). The Morgan fingerprint density at radius 1 is 1.20 bits per heavy atom. The monoisotopic (exact) mass is 331 g/mol. The normalized spacial score (nSPS) is 10.7. The second-order valence-corrected chi connectivity index (χ2v) is 5.00. The highest BCUT2D eigenvalue weighted by Crippen LogP contribution is 2.27. The van der Waals surface area contributed by atoms with Crippen LogP contribution in [0.1, 0.15) is 5.82 Å². The number of nitrogen functional groups attached to an aromatic ring is 1. The molecule has 2 N–H and O–H groups in total. The average Bonchev–Trinajstić information content (AvgIpc) is 2.92. The molecule has 0 aliphatic carbocycles. The van der Waals surface area contributed by atoms with Gasteiger partial charge in [-0.15, -0.1) is 0 Å². The molecule has 0 saturated heterocycles. The second-order valence-electron chi connectivity index (χ2n) is 4.15. The van der Waals surface area contributed by atoms with Crippen molar-refractivity contribution in [2.75, 3.05) is 5.73 Å². The van der Waals surface area contributed by atoms with E-state index in [1.807, 2.05) is 19.1 Å². The highest BCUT2D eigenvalue weighted by Gasteiger charge is 2.12. The molecule has 0 saturated carbocycles. The van der Waals surface area contributed by atoms with Crippen LogP contribution in [0.5, 0.6) is 0 Å². The summed E-state index contributed by atoms with van der Waals surface area (Å²) in [5.41, 5.74) is 7.82. The molecule has 0 atom stereocenters. The molecule has 2 aromatic heterocycles. The van der Waals surface area contributed by atoms with E-state index in [0.717, 1.165) is 10.0 Å². The first-order valence-corrected chi connectivity index (χ1v) is 6.62. The smallest absolute Gasteiger partial charge is 0.258 e. The van der Waals surface area contributed by atoms with Gasteiger partial charge in [0.1, 0.15) is 11.5 Å². The first kappa shape index (κ1) is 12.7. The molecule has 2 heterocycles. The van der Waals surface area contributed by atoms with E-state index in [0.29, 0.717) is 28.9 Å². The van der Waals surface area contributed by atoms with E-state index < -0.39 is 0 Å². The molecule has 6 nitrogen and oxygen atoms in total. The molecular formula is C13H10BrN5O. The predicted molar refractivity (Wildman–Crippen MR) is 77.6 cm³/mol. The third kappa shape index (κ3) is 2.39. The van der Waals surface area contributed by atoms with Crippen LogP contribution in [0.3, 0.4) is 0 Å². The zero-order chi connectivity index (χ0) is 14.1. The Morgan fingerprint density at radius 2 is 2.05 bits per heavy atom. The maximum atomic E-state index is 5.75. The van der Waals surface area contributed by atoms with Crippen LogP contribution in [0.15, 0.2) is 39.5 Å². The lowest BCUT2D eigenvalue weighted by Gasteiger charge is -1.99. The number of nitrogens with zero attached hydrogens (tertiary/aromatic N) is 4. The SMILES string of the molecule is Cc1nccc(-c2noc(-c3ccc(N)c(Br)c3)n2)n1. The van der Waals surface area contributed by atoms with Gasteiger partial charge in [-0.2, -0.15) is 4.98 Å². The van der Waals surface area contributed by atoms with Gasteiger partial charge in [-0.3, -0.25) is 0 Å². The van der Waals surface area contributed by atoms with Crippen LogP contribution < -0.4 is 5.73 Å². The number of benzene rings is 1. The van der Waals surface area contributed by atoms with Crippen molar-refractivity contribution in [2.24, 2.45) is 0 Å². The molecule has 1 aromatic carbocycles. The maximum absolute atomic E-state index is 5.75. The van der Waals surface area contributed by atoms with E-state index in [2.05, 4.69) is 36.0 Å². The summed E-state index contributed by atoms with van der Waals surface area (Å²) in [6, 6.07) is 7.17. The van der Waals surface area contributed by atoms with E-state index >= 15 is 0 Å². The van der Waals surface area contributed by atoms with Gasteiger partial charge in [0, 0.05) is 21.9 Å². The van der Waals surface area contributed by atoms with Gasteiger partial charge in [-0.05, 0) is 47.1 Å². The van der Waals surface area contributed by atoms with Gasteiger partial charge in [0.25, 0.3) is 5.89 Å². The lowest BCUT2D eigenvalue weighted by molar-refractivity contribution is 0.432. The number of hydrogen-bond donors (Lipinski definition) is 1. The molecular weight excluding hydrogens is 322 g/mol. The average molecular weight is 332 g/mol. The van der Waals surface area contributed by atoms with Gasteiger partial charge in [0.2, 0.25) is 5.82 Å². The molecule has 3 aromatic rings. The number of hydrogen-bond acceptors (Lipinski definition) is 6. The lowest BCUT2D eigenvalue weighted by Crippen LogP contribution is -1.91. The summed E-state index contributed by atoms with van der Waals surface area (Å²) in [4.78, 5) is 12.6. The number of nitrogens with two attached hydrogens (primary N) is 1. The van der Waals surface area contributed by atoms with Crippen LogP contribution in [-0.4, -0.2) is 20.1 Å². The molecule has 20 heavy (non-hydrogen) atoms. The Kier molecular flexibility index (Phi) is 3.19. The Balaban J connectivity index is 1.99. The summed E-state index contributed by atoms with van der Waals surface area (Å²) in [5, 5.41) is 3.93. The fraction of sp³-hybridized carbons (Fsp3) is 0.0769. The second kappa shape index (κ2) is 5.01. The number of halogens is 1. The molecule has 0 aliphatic heterocycles. The fourth-order valence-corrected chi connectivity index (χ4v) is 2.06. The van der Waals surface area contributed by atoms with Gasteiger partial charge < -0.3 is 10.3 Å². The van der Waals surface area contributed by atoms with Crippen molar-refractivity contribution in [3.05, 3.63) is 40.8 Å². The first-order valence-electron chi connectivity index (χ1n) is 5.82. The lowest BCUT2D eigenvalue weighted by atomic mass is 10.2. The van der Waals surface area contributed by atoms with Crippen LogP contribution in [0, 0.1) is 6.92 Å². The Morgan fingerprint density at radius 3 is 2.80 bits per heavy atom. The third-order valence-corrected chi connectivity index (χ3v) is 3.37. The summed E-state index contributed by atoms with van der Waals surface area (Å²) in [6.45, 7) is 1.81. The summed E-state index contributed by atoms with van der Waals surface area (Å²) in [7, 11) is 0. The summed E-state index contributed by atoms with van der Waals surface area (Å²) in [5.74, 6) is 1.50. The minimum absolute atomic E-state index is 0.414. The van der Waals surface area contributed by atoms with E-state index in [9.17, 15) is 0 Å². The van der Waals surface area contributed by atoms with Crippen LogP contribution in [0.4, 0.5) is 5.69 Å². The van der Waals surface area contributed by atoms with Gasteiger partial charge in [0.05, 0.1) is 0 Å². The van der Waals surface area contributed by atoms with E-state index in [1.165, 1.54) is 0 Å². The molecule has 0 bridgehead atoms. The third-order valence-electron chi connectivity index (χ3n) is 2.68. The standard InChI is InChI=1S/C13H10BrN5O/c1-7-16-5-4-11(17-7)12-18-13(20-19-12)8-2-3-10(15)9(14)6-8/h2-6H,15H2,1H3. The molecule has 7 heteroatoms. The van der Waals surface area contributed by atoms with Crippen LogP contribution in [0.2, 0.25) is 0 Å². The minimum Gasteiger partial charge on any atom is -0.398 e. The van der Waals surface area contributed by atoms with E-state index in [1.54, 1.807) is 18.3 Å². The van der Waals surface area contributed by atoms with Crippen molar-refractivity contribution < 1.29 is 4.52 Å². The van der Waals surface area contributed by atoms with Crippen LogP contribution >= 0.6 is 15.9 Å². The van der Waals surface area contributed by atoms with Crippen molar-refractivity contribution in [3.63, 3.8) is 0 Å². The van der Waals surface area contributed by atoms with Crippen LogP contribution in [-0.2, 0) is 0 Å². The number of aryl methyl sites for hydroxylation is 1. The molecule has 0 radical (unpaired) electrons. The highest BCUT2D eigenvalue weighted by molar-refractivity contribution is 9.10. The van der Waals surface area contributed by atoms with E-state index in [4.69, 9.17) is 10.3 Å². The maximum Gasteiger partial charge on any atom is 0.258 e. The summed E-state index contributed by atoms with van der Waals surface area (Å²) in [6.07, 6.45) is 1.66. The molecule has 0 amide bonds. The van der Waals surface area contributed by atoms with Crippen molar-refractivity contribution in [3.8, 4) is 23.0 Å². The number of anilines is 1. The molecule has 0 aliphatic rings. The van der Waals surface area contributed by atoms with Crippen molar-refractivity contribution in [1.29, 1.82) is 0 Å². The van der Waals surface area contributed by atoms with Gasteiger partial charge >= 0.3 is 0 Å². The number of rotatable bonds is 2. The van der Waals surface area contributed by atoms with Gasteiger partial charge in [-0.25, -0.2) is 9.97 Å². The van der Waals surface area contributed by atoms with Crippen LogP contribution in [0.25, 0.3) is 23.0 Å². The van der Waals surface area contributed by atoms with E-state index in [-0.39, 0.29) is 0 Å². The summed E-state index contributed by atoms with van der Waals surface area (Å²) < 4.78 is 6.04. The van der Waals surface area contributed by atoms with Crippen molar-refractivity contribution in [2.45, 2.75) is 6.92 Å². The molecule has 0 unspecified atom stereocenters. The predicted octanol–water partition coefficient (Wildman–Crippen LogP) is 2.85. The van der Waals surface area contributed by atoms with Gasteiger partial charge in [-0.1, -0.05) is 5.16 Å². The van der Waals surface area contributed by atoms with Crippen molar-refractivity contribution in [1.82, 2.24) is 20.1 Å². The fourth-order valence-electron chi connectivity index (χ4n) is 1.69. The minimum atomic E-state index is 0.414. The first-order chi connectivity index (χ1) is 9.63. The Hall–Kier alpha value is -2.28. The highest BCUT2D eigenvalue weighted by atomic mass is 79.9. The van der Waals surface area contributed by atoms with Gasteiger partial charge in [0.15, 0.2) is 0 Å². The topological polar surface area (TPSA) is 90.7 Å². The Labute approximate surface area is 123 Å². The summed E-state index contributed by atoms with van der Waals surface area (Å²) >= 11 is 3.37.